The van der Waals surface area contributed by atoms with E-state index < -0.39 is 9.73 Å². The summed E-state index contributed by atoms with van der Waals surface area (Å²) in [7, 11) is 1.28. The minimum atomic E-state index is -2.39. The Labute approximate surface area is 219 Å². The molecule has 3 N–H and O–H groups in total. The third-order valence-corrected chi connectivity index (χ3v) is 5.56. The summed E-state index contributed by atoms with van der Waals surface area (Å²) in [6.45, 7) is 5.32. The Morgan fingerprint density at radius 2 is 1.95 bits per heavy atom. The number of carbonyl (C=O) groups excluding carboxylic acids is 1. The van der Waals surface area contributed by atoms with Crippen molar-refractivity contribution in [2.75, 3.05) is 61.9 Å². The zero-order chi connectivity index (χ0) is 26.8. The second-order valence-electron chi connectivity index (χ2n) is 8.32. The summed E-state index contributed by atoms with van der Waals surface area (Å²) in [5, 5.41) is 8.96. The number of hydrogen-bond donors (Lipinski definition) is 3. The van der Waals surface area contributed by atoms with Crippen molar-refractivity contribution < 1.29 is 15.2 Å². The van der Waals surface area contributed by atoms with Crippen LogP contribution in [0.5, 0.6) is 0 Å². The molecule has 0 aliphatic carbocycles. The number of amides is 1. The van der Waals surface area contributed by atoms with Gasteiger partial charge in [0, 0.05) is 68.5 Å². The fraction of sp³-hybridized carbons (Fsp3) is 0.280. The zero-order valence-corrected chi connectivity index (χ0v) is 22.2. The number of aromatic nitrogens is 3. The van der Waals surface area contributed by atoms with Crippen molar-refractivity contribution in [3.05, 3.63) is 66.9 Å². The van der Waals surface area contributed by atoms with E-state index in [0.717, 1.165) is 17.9 Å². The highest BCUT2D eigenvalue weighted by Gasteiger charge is 2.16. The lowest BCUT2D eigenvalue weighted by molar-refractivity contribution is 0.0958. The van der Waals surface area contributed by atoms with E-state index in [1.165, 1.54) is 18.7 Å². The molecule has 0 radical (unpaired) electrons. The number of anilines is 5. The van der Waals surface area contributed by atoms with Crippen molar-refractivity contribution in [3.8, 4) is 0 Å². The molecule has 3 aromatic rings. The second kappa shape index (κ2) is 12.8. The number of ether oxygens (including phenoxy) is 1. The van der Waals surface area contributed by atoms with E-state index in [9.17, 15) is 9.00 Å². The van der Waals surface area contributed by atoms with E-state index in [2.05, 4.69) is 46.7 Å². The molecule has 3 rings (SSSR count). The Balaban J connectivity index is 0.00000507. The first kappa shape index (κ1) is 27.6. The van der Waals surface area contributed by atoms with Crippen LogP contribution < -0.4 is 20.9 Å². The monoisotopic (exact) mass is 526 g/mol. The minimum Gasteiger partial charge on any atom is -0.383 e. The van der Waals surface area contributed by atoms with Gasteiger partial charge in [-0.25, -0.2) is 14.2 Å². The highest BCUT2D eigenvalue weighted by Crippen LogP contribution is 2.23. The predicted molar refractivity (Wildman–Crippen MR) is 151 cm³/mol. The molecule has 0 bridgehead atoms. The maximum absolute atomic E-state index is 12.7. The topological polar surface area (TPSA) is 134 Å². The van der Waals surface area contributed by atoms with Crippen LogP contribution in [0.4, 0.5) is 34.8 Å². The van der Waals surface area contributed by atoms with Crippen molar-refractivity contribution in [1.82, 2.24) is 20.3 Å². The van der Waals surface area contributed by atoms with Crippen LogP contribution in [0, 0.1) is 0 Å². The van der Waals surface area contributed by atoms with Crippen LogP contribution in [0.1, 0.15) is 11.8 Å². The van der Waals surface area contributed by atoms with Crippen LogP contribution in [0.3, 0.4) is 0 Å². The molecule has 198 valence electrons. The number of carbonyl (C=O) groups is 1. The lowest BCUT2D eigenvalue weighted by atomic mass is 10.2. The summed E-state index contributed by atoms with van der Waals surface area (Å²) < 4.78 is 21.3. The summed E-state index contributed by atoms with van der Waals surface area (Å²) >= 11 is 0. The van der Waals surface area contributed by atoms with Gasteiger partial charge in [-0.1, -0.05) is 12.1 Å². The van der Waals surface area contributed by atoms with Crippen LogP contribution in [-0.2, 0) is 14.5 Å². The molecule has 0 fully saturated rings. The van der Waals surface area contributed by atoms with Gasteiger partial charge in [-0.05, 0) is 36.4 Å². The summed E-state index contributed by atoms with van der Waals surface area (Å²) in [6.07, 6.45) is 6.08. The third kappa shape index (κ3) is 8.54. The van der Waals surface area contributed by atoms with Crippen LogP contribution >= 0.6 is 0 Å². The molecule has 0 saturated carbocycles. The Morgan fingerprint density at radius 3 is 2.62 bits per heavy atom. The first-order valence-corrected chi connectivity index (χ1v) is 13.8. The summed E-state index contributed by atoms with van der Waals surface area (Å²) in [4.78, 5) is 28.0. The molecular formula is C25H34N8O3S. The first-order chi connectivity index (χ1) is 17.7. The second-order valence-corrected chi connectivity index (χ2v) is 10.9. The maximum atomic E-state index is 12.7. The van der Waals surface area contributed by atoms with Crippen molar-refractivity contribution in [2.45, 2.75) is 0 Å². The van der Waals surface area contributed by atoms with Gasteiger partial charge in [0.2, 0.25) is 5.95 Å². The van der Waals surface area contributed by atoms with E-state index in [1.54, 1.807) is 31.4 Å². The third-order valence-electron chi connectivity index (χ3n) is 4.93. The molecule has 2 heterocycles. The van der Waals surface area contributed by atoms with Crippen LogP contribution in [-0.4, -0.2) is 71.4 Å². The van der Waals surface area contributed by atoms with Crippen LogP contribution in [0.15, 0.2) is 65.7 Å². The maximum Gasteiger partial charge on any atom is 0.256 e. The van der Waals surface area contributed by atoms with Gasteiger partial charge in [-0.15, -0.1) is 6.58 Å². The quantitative estimate of drug-likeness (QED) is 0.300. The largest absolute Gasteiger partial charge is 0.383 e. The first-order valence-electron chi connectivity index (χ1n) is 11.4. The Bertz CT molecular complexity index is 1350. The fourth-order valence-corrected chi connectivity index (χ4v) is 3.69. The molecule has 12 heteroatoms. The average Bonchev–Trinajstić information content (AvgIpc) is 2.85. The smallest absolute Gasteiger partial charge is 0.256 e. The summed E-state index contributed by atoms with van der Waals surface area (Å²) in [6, 6.07) is 12.9. The number of methoxy groups -OCH3 is 1. The average molecular weight is 527 g/mol. The van der Waals surface area contributed by atoms with Crippen molar-refractivity contribution in [2.24, 2.45) is 4.36 Å². The van der Waals surface area contributed by atoms with Crippen LogP contribution in [0.2, 0.25) is 0 Å². The normalized spacial score (nSPS) is 10.9. The van der Waals surface area contributed by atoms with Gasteiger partial charge in [0.25, 0.3) is 5.91 Å². The van der Waals surface area contributed by atoms with Gasteiger partial charge in [-0.3, -0.25) is 4.79 Å². The SMILES string of the molecule is C=CCNC(=O)c1cnc(Nc2ccc(N(C)CCOC)cc2)nc1Nc1cccc(N=S(C)(C)=O)n1.[HH]. The number of nitrogens with one attached hydrogen (secondary N) is 3. The molecule has 0 unspecified atom stereocenters. The van der Waals surface area contributed by atoms with Crippen molar-refractivity contribution in [1.29, 1.82) is 0 Å². The minimum absolute atomic E-state index is 0. The Kier molecular flexibility index (Phi) is 9.52. The number of hydrogen-bond acceptors (Lipinski definition) is 10. The zero-order valence-electron chi connectivity index (χ0n) is 21.4. The molecule has 0 saturated heterocycles. The van der Waals surface area contributed by atoms with E-state index in [1.807, 2.05) is 31.3 Å². The molecule has 0 spiro atoms. The van der Waals surface area contributed by atoms with Gasteiger partial charge in [0.05, 0.1) is 6.61 Å². The van der Waals surface area contributed by atoms with Gasteiger partial charge < -0.3 is 25.6 Å². The number of likely N-dealkylation sites (N-methyl/N-ethyl adjacent to an activating group) is 1. The van der Waals surface area contributed by atoms with Crippen molar-refractivity contribution in [3.63, 3.8) is 0 Å². The van der Waals surface area contributed by atoms with Crippen molar-refractivity contribution >= 4 is 50.4 Å². The molecule has 0 aliphatic heterocycles. The lowest BCUT2D eigenvalue weighted by Crippen LogP contribution is -2.25. The standard InChI is InChI=1S/C25H32N8O3S.H2/c1-6-14-26-24(34)20-17-27-25(28-18-10-12-19(13-11-18)33(2)15-16-36-3)31-23(20)30-21-8-7-9-22(29-21)32-37(4,5)35;/h6-13,17H,1,14-16H2,2-5H3,(H,26,34)(H2,27,28,29,30,31);1H. The molecular weight excluding hydrogens is 492 g/mol. The van der Waals surface area contributed by atoms with Gasteiger partial charge in [0.15, 0.2) is 5.82 Å². The number of benzene rings is 1. The predicted octanol–water partition coefficient (Wildman–Crippen LogP) is 3.96. The molecule has 1 aromatic carbocycles. The lowest BCUT2D eigenvalue weighted by Gasteiger charge is -2.19. The Morgan fingerprint density at radius 1 is 1.19 bits per heavy atom. The molecule has 0 aliphatic rings. The number of rotatable bonds is 12. The summed E-state index contributed by atoms with van der Waals surface area (Å²) in [5.41, 5.74) is 2.04. The molecule has 0 atom stereocenters. The van der Waals surface area contributed by atoms with E-state index in [-0.39, 0.29) is 31.2 Å². The van der Waals surface area contributed by atoms with Gasteiger partial charge >= 0.3 is 0 Å². The Hall–Kier alpha value is -4.03. The number of nitrogens with zero attached hydrogens (tertiary/aromatic N) is 5. The molecule has 37 heavy (non-hydrogen) atoms. The van der Waals surface area contributed by atoms with E-state index >= 15 is 0 Å². The highest BCUT2D eigenvalue weighted by atomic mass is 32.2. The summed E-state index contributed by atoms with van der Waals surface area (Å²) in [5.74, 6) is 0.849. The fourth-order valence-electron chi connectivity index (χ4n) is 3.14. The number of pyridine rings is 1. The van der Waals surface area contributed by atoms with E-state index in [4.69, 9.17) is 4.74 Å². The van der Waals surface area contributed by atoms with Gasteiger partial charge in [-0.2, -0.15) is 9.35 Å². The molecule has 11 nitrogen and oxygen atoms in total. The molecule has 2 aromatic heterocycles. The van der Waals surface area contributed by atoms with Gasteiger partial charge in [0.1, 0.15) is 17.2 Å². The van der Waals surface area contributed by atoms with Crippen LogP contribution in [0.25, 0.3) is 0 Å². The van der Waals surface area contributed by atoms with E-state index in [0.29, 0.717) is 18.2 Å². The highest BCUT2D eigenvalue weighted by molar-refractivity contribution is 7.92. The molecule has 1 amide bonds.